The van der Waals surface area contributed by atoms with E-state index in [0.717, 1.165) is 5.69 Å². The molecule has 0 amide bonds. The fourth-order valence-corrected chi connectivity index (χ4v) is 1.31. The van der Waals surface area contributed by atoms with Crippen LogP contribution in [0.1, 0.15) is 27.7 Å². The number of rotatable bonds is 3. The van der Waals surface area contributed by atoms with Gasteiger partial charge < -0.3 is 15.8 Å². The molecule has 4 heteroatoms. The SMILES string of the molecule is C[C@@H](Nc1ccccc1N)C(=O)OC(C)(C)C. The highest BCUT2D eigenvalue weighted by atomic mass is 16.6. The molecular formula is C13H20N2O2. The molecule has 0 spiro atoms. The van der Waals surface area contributed by atoms with Gasteiger partial charge in [-0.2, -0.15) is 0 Å². The minimum atomic E-state index is -0.477. The van der Waals surface area contributed by atoms with Crippen molar-refractivity contribution in [2.45, 2.75) is 39.3 Å². The van der Waals surface area contributed by atoms with Gasteiger partial charge in [0.25, 0.3) is 0 Å². The number of nitrogens with two attached hydrogens (primary N) is 1. The first kappa shape index (κ1) is 13.4. The van der Waals surface area contributed by atoms with Gasteiger partial charge in [0, 0.05) is 0 Å². The van der Waals surface area contributed by atoms with Crippen molar-refractivity contribution in [1.29, 1.82) is 0 Å². The molecule has 17 heavy (non-hydrogen) atoms. The second kappa shape index (κ2) is 5.08. The molecule has 0 fully saturated rings. The Kier molecular flexibility index (Phi) is 3.99. The first-order valence-corrected chi connectivity index (χ1v) is 5.63. The van der Waals surface area contributed by atoms with Crippen molar-refractivity contribution in [3.8, 4) is 0 Å². The molecule has 0 aliphatic carbocycles. The van der Waals surface area contributed by atoms with Gasteiger partial charge in [0.05, 0.1) is 11.4 Å². The van der Waals surface area contributed by atoms with E-state index < -0.39 is 11.6 Å². The number of benzene rings is 1. The topological polar surface area (TPSA) is 64.3 Å². The molecule has 0 aliphatic heterocycles. The number of carbonyl (C=O) groups excluding carboxylic acids is 1. The monoisotopic (exact) mass is 236 g/mol. The molecule has 0 aliphatic rings. The van der Waals surface area contributed by atoms with E-state index in [-0.39, 0.29) is 5.97 Å². The Morgan fingerprint density at radius 2 is 1.94 bits per heavy atom. The highest BCUT2D eigenvalue weighted by molar-refractivity contribution is 5.81. The second-order valence-electron chi connectivity index (χ2n) is 4.99. The van der Waals surface area contributed by atoms with Gasteiger partial charge in [-0.25, -0.2) is 4.79 Å². The van der Waals surface area contributed by atoms with E-state index >= 15 is 0 Å². The lowest BCUT2D eigenvalue weighted by Crippen LogP contribution is -2.34. The van der Waals surface area contributed by atoms with Crippen molar-refractivity contribution in [3.63, 3.8) is 0 Å². The van der Waals surface area contributed by atoms with Crippen LogP contribution < -0.4 is 11.1 Å². The molecule has 0 saturated heterocycles. The summed E-state index contributed by atoms with van der Waals surface area (Å²) in [5.41, 5.74) is 6.66. The summed E-state index contributed by atoms with van der Waals surface area (Å²) >= 11 is 0. The fourth-order valence-electron chi connectivity index (χ4n) is 1.31. The molecule has 1 atom stereocenters. The van der Waals surface area contributed by atoms with E-state index in [9.17, 15) is 4.79 Å². The van der Waals surface area contributed by atoms with Crippen LogP contribution >= 0.6 is 0 Å². The van der Waals surface area contributed by atoms with Crippen LogP contribution in [0.2, 0.25) is 0 Å². The lowest BCUT2D eigenvalue weighted by Gasteiger charge is -2.23. The largest absolute Gasteiger partial charge is 0.458 e. The number of para-hydroxylation sites is 2. The van der Waals surface area contributed by atoms with Gasteiger partial charge in [-0.3, -0.25) is 0 Å². The Labute approximate surface area is 102 Å². The van der Waals surface area contributed by atoms with Crippen molar-refractivity contribution >= 4 is 17.3 Å². The summed E-state index contributed by atoms with van der Waals surface area (Å²) in [7, 11) is 0. The standard InChI is InChI=1S/C13H20N2O2/c1-9(12(16)17-13(2,3)4)15-11-8-6-5-7-10(11)14/h5-9,15H,14H2,1-4H3/t9-/m1/s1. The zero-order chi connectivity index (χ0) is 13.1. The maximum absolute atomic E-state index is 11.7. The minimum Gasteiger partial charge on any atom is -0.458 e. The van der Waals surface area contributed by atoms with Gasteiger partial charge in [-0.1, -0.05) is 12.1 Å². The van der Waals surface area contributed by atoms with Crippen LogP contribution in [0.25, 0.3) is 0 Å². The summed E-state index contributed by atoms with van der Waals surface area (Å²) in [6.07, 6.45) is 0. The van der Waals surface area contributed by atoms with Crippen LogP contribution in [0.15, 0.2) is 24.3 Å². The number of hydrogen-bond donors (Lipinski definition) is 2. The molecule has 1 aromatic rings. The third-order valence-corrected chi connectivity index (χ3v) is 2.09. The molecule has 0 aromatic heterocycles. The lowest BCUT2D eigenvalue weighted by molar-refractivity contribution is -0.155. The van der Waals surface area contributed by atoms with Gasteiger partial charge in [0.2, 0.25) is 0 Å². The van der Waals surface area contributed by atoms with Gasteiger partial charge in [0.1, 0.15) is 11.6 Å². The Bertz CT molecular complexity index is 397. The molecule has 94 valence electrons. The van der Waals surface area contributed by atoms with Crippen molar-refractivity contribution < 1.29 is 9.53 Å². The molecule has 0 bridgehead atoms. The molecule has 4 nitrogen and oxygen atoms in total. The van der Waals surface area contributed by atoms with Gasteiger partial charge in [0.15, 0.2) is 0 Å². The predicted octanol–water partition coefficient (Wildman–Crippen LogP) is 2.41. The van der Waals surface area contributed by atoms with Gasteiger partial charge >= 0.3 is 5.97 Å². The zero-order valence-electron chi connectivity index (χ0n) is 10.8. The number of anilines is 2. The number of nitrogen functional groups attached to an aromatic ring is 1. The third-order valence-electron chi connectivity index (χ3n) is 2.09. The van der Waals surface area contributed by atoms with Crippen molar-refractivity contribution in [2.24, 2.45) is 0 Å². The summed E-state index contributed by atoms with van der Waals surface area (Å²) in [5.74, 6) is -0.291. The maximum Gasteiger partial charge on any atom is 0.328 e. The van der Waals surface area contributed by atoms with Crippen LogP contribution in [-0.4, -0.2) is 17.6 Å². The molecule has 0 unspecified atom stereocenters. The van der Waals surface area contributed by atoms with Crippen molar-refractivity contribution in [1.82, 2.24) is 0 Å². The Hall–Kier alpha value is -1.71. The third kappa shape index (κ3) is 4.34. The molecule has 0 radical (unpaired) electrons. The quantitative estimate of drug-likeness (QED) is 0.625. The van der Waals surface area contributed by atoms with E-state index in [4.69, 9.17) is 10.5 Å². The van der Waals surface area contributed by atoms with Crippen LogP contribution in [0.4, 0.5) is 11.4 Å². The summed E-state index contributed by atoms with van der Waals surface area (Å²) < 4.78 is 5.27. The Balaban J connectivity index is 2.64. The predicted molar refractivity (Wildman–Crippen MR) is 69.8 cm³/mol. The normalized spacial score (nSPS) is 12.9. The summed E-state index contributed by atoms with van der Waals surface area (Å²) in [4.78, 5) is 11.7. The molecule has 1 rings (SSSR count). The van der Waals surface area contributed by atoms with Crippen molar-refractivity contribution in [3.05, 3.63) is 24.3 Å². The second-order valence-corrected chi connectivity index (χ2v) is 4.99. The highest BCUT2D eigenvalue weighted by Gasteiger charge is 2.21. The van der Waals surface area contributed by atoms with E-state index in [2.05, 4.69) is 5.32 Å². The number of esters is 1. The Morgan fingerprint density at radius 3 is 2.47 bits per heavy atom. The summed E-state index contributed by atoms with van der Waals surface area (Å²) in [6, 6.07) is 6.89. The zero-order valence-corrected chi connectivity index (χ0v) is 10.8. The van der Waals surface area contributed by atoms with E-state index in [1.165, 1.54) is 0 Å². The lowest BCUT2D eigenvalue weighted by atomic mass is 10.2. The molecular weight excluding hydrogens is 216 g/mol. The average molecular weight is 236 g/mol. The number of ether oxygens (including phenoxy) is 1. The Morgan fingerprint density at radius 1 is 1.35 bits per heavy atom. The van der Waals surface area contributed by atoms with Crippen LogP contribution in [0.5, 0.6) is 0 Å². The summed E-state index contributed by atoms with van der Waals surface area (Å²) in [5, 5.41) is 3.03. The highest BCUT2D eigenvalue weighted by Crippen LogP contribution is 2.18. The van der Waals surface area contributed by atoms with E-state index in [1.807, 2.05) is 39.0 Å². The number of carbonyl (C=O) groups is 1. The van der Waals surface area contributed by atoms with Crippen LogP contribution in [-0.2, 0) is 9.53 Å². The molecule has 1 aromatic carbocycles. The molecule has 0 heterocycles. The van der Waals surface area contributed by atoms with Crippen LogP contribution in [0.3, 0.4) is 0 Å². The number of nitrogens with one attached hydrogen (secondary N) is 1. The number of hydrogen-bond acceptors (Lipinski definition) is 4. The minimum absolute atomic E-state index is 0.291. The average Bonchev–Trinajstić information content (AvgIpc) is 2.18. The van der Waals surface area contributed by atoms with E-state index in [1.54, 1.807) is 13.0 Å². The first-order chi connectivity index (χ1) is 7.79. The smallest absolute Gasteiger partial charge is 0.328 e. The van der Waals surface area contributed by atoms with Gasteiger partial charge in [-0.05, 0) is 39.8 Å². The first-order valence-electron chi connectivity index (χ1n) is 5.63. The maximum atomic E-state index is 11.7. The molecule has 0 saturated carbocycles. The van der Waals surface area contributed by atoms with E-state index in [0.29, 0.717) is 5.69 Å². The van der Waals surface area contributed by atoms with Crippen molar-refractivity contribution in [2.75, 3.05) is 11.1 Å². The summed E-state index contributed by atoms with van der Waals surface area (Å²) in [6.45, 7) is 7.28. The molecule has 3 N–H and O–H groups in total. The van der Waals surface area contributed by atoms with Gasteiger partial charge in [-0.15, -0.1) is 0 Å². The fraction of sp³-hybridized carbons (Fsp3) is 0.462. The van der Waals surface area contributed by atoms with Crippen LogP contribution in [0, 0.1) is 0 Å².